The summed E-state index contributed by atoms with van der Waals surface area (Å²) in [7, 11) is 0. The Morgan fingerprint density at radius 2 is 1.82 bits per heavy atom. The second kappa shape index (κ2) is 7.87. The van der Waals surface area contributed by atoms with Crippen molar-refractivity contribution >= 4 is 12.0 Å². The summed E-state index contributed by atoms with van der Waals surface area (Å²) in [5.74, 6) is -0.137. The molecule has 9 nitrogen and oxygen atoms in total. The van der Waals surface area contributed by atoms with Crippen molar-refractivity contribution in [2.24, 2.45) is 0 Å². The molecule has 142 valence electrons. The second-order valence-electron chi connectivity index (χ2n) is 6.38. The Hall–Kier alpha value is -3.75. The SMILES string of the molecule is O=C(NC1CN(C(=O)c2ccccc2-n2cnnn2)C1)OCc1ccccc1. The van der Waals surface area contributed by atoms with Crippen molar-refractivity contribution in [2.45, 2.75) is 12.6 Å². The number of carbonyl (C=O) groups excluding carboxylic acids is 2. The minimum Gasteiger partial charge on any atom is -0.445 e. The fraction of sp³-hybridized carbons (Fsp3) is 0.211. The average Bonchev–Trinajstić information content (AvgIpc) is 3.24. The van der Waals surface area contributed by atoms with Crippen LogP contribution in [-0.4, -0.2) is 56.2 Å². The number of aromatic nitrogens is 4. The molecule has 1 N–H and O–H groups in total. The highest BCUT2D eigenvalue weighted by atomic mass is 16.5. The maximum Gasteiger partial charge on any atom is 0.407 e. The number of hydrogen-bond acceptors (Lipinski definition) is 6. The lowest BCUT2D eigenvalue weighted by Gasteiger charge is -2.39. The van der Waals surface area contributed by atoms with Crippen LogP contribution in [0.4, 0.5) is 4.79 Å². The van der Waals surface area contributed by atoms with E-state index in [1.54, 1.807) is 23.1 Å². The molecule has 1 aromatic heterocycles. The topological polar surface area (TPSA) is 102 Å². The zero-order valence-corrected chi connectivity index (χ0v) is 14.9. The number of nitrogens with zero attached hydrogens (tertiary/aromatic N) is 5. The van der Waals surface area contributed by atoms with Crippen LogP contribution in [0.15, 0.2) is 60.9 Å². The molecule has 0 atom stereocenters. The average molecular weight is 378 g/mol. The lowest BCUT2D eigenvalue weighted by Crippen LogP contribution is -2.61. The minimum absolute atomic E-state index is 0.132. The largest absolute Gasteiger partial charge is 0.445 e. The Morgan fingerprint density at radius 3 is 2.57 bits per heavy atom. The highest BCUT2D eigenvalue weighted by molar-refractivity contribution is 5.98. The normalized spacial score (nSPS) is 13.6. The van der Waals surface area contributed by atoms with Crippen LogP contribution in [-0.2, 0) is 11.3 Å². The first-order chi connectivity index (χ1) is 13.7. The summed E-state index contributed by atoms with van der Waals surface area (Å²) >= 11 is 0. The van der Waals surface area contributed by atoms with E-state index in [0.717, 1.165) is 5.56 Å². The monoisotopic (exact) mass is 378 g/mol. The maximum atomic E-state index is 12.8. The number of nitrogens with one attached hydrogen (secondary N) is 1. The summed E-state index contributed by atoms with van der Waals surface area (Å²) in [5.41, 5.74) is 2.03. The minimum atomic E-state index is -0.491. The molecular weight excluding hydrogens is 360 g/mol. The van der Waals surface area contributed by atoms with Crippen molar-refractivity contribution in [1.82, 2.24) is 30.4 Å². The predicted molar refractivity (Wildman–Crippen MR) is 98.6 cm³/mol. The number of benzene rings is 2. The number of para-hydroxylation sites is 1. The van der Waals surface area contributed by atoms with Crippen LogP contribution in [0.25, 0.3) is 5.69 Å². The van der Waals surface area contributed by atoms with Gasteiger partial charge >= 0.3 is 6.09 Å². The molecule has 3 aromatic rings. The van der Waals surface area contributed by atoms with Crippen LogP contribution in [0.2, 0.25) is 0 Å². The standard InChI is InChI=1S/C19H18N6O3/c26-18(16-8-4-5-9-17(16)25-13-20-22-23-25)24-10-15(11-24)21-19(27)28-12-14-6-2-1-3-7-14/h1-9,13,15H,10-12H2,(H,21,27). The zero-order valence-electron chi connectivity index (χ0n) is 14.9. The molecule has 9 heteroatoms. The van der Waals surface area contributed by atoms with E-state index in [1.807, 2.05) is 36.4 Å². The van der Waals surface area contributed by atoms with Crippen LogP contribution in [0, 0.1) is 0 Å². The molecular formula is C19H18N6O3. The third kappa shape index (κ3) is 3.83. The molecule has 0 aliphatic carbocycles. The zero-order chi connectivity index (χ0) is 19.3. The molecule has 0 saturated carbocycles. The summed E-state index contributed by atoms with van der Waals surface area (Å²) in [5, 5.41) is 13.8. The Labute approximate surface area is 160 Å². The van der Waals surface area contributed by atoms with Gasteiger partial charge in [0.05, 0.1) is 17.3 Å². The van der Waals surface area contributed by atoms with Gasteiger partial charge in [-0.05, 0) is 28.1 Å². The lowest BCUT2D eigenvalue weighted by atomic mass is 10.1. The van der Waals surface area contributed by atoms with Gasteiger partial charge in [0, 0.05) is 13.1 Å². The summed E-state index contributed by atoms with van der Waals surface area (Å²) in [4.78, 5) is 26.4. The van der Waals surface area contributed by atoms with Crippen LogP contribution < -0.4 is 5.32 Å². The number of rotatable bonds is 5. The van der Waals surface area contributed by atoms with Crippen molar-refractivity contribution in [3.63, 3.8) is 0 Å². The van der Waals surface area contributed by atoms with E-state index in [4.69, 9.17) is 4.74 Å². The fourth-order valence-electron chi connectivity index (χ4n) is 2.96. The molecule has 0 radical (unpaired) electrons. The van der Waals surface area contributed by atoms with Crippen molar-refractivity contribution in [3.05, 3.63) is 72.1 Å². The third-order valence-corrected chi connectivity index (χ3v) is 4.43. The number of likely N-dealkylation sites (tertiary alicyclic amines) is 1. The van der Waals surface area contributed by atoms with Gasteiger partial charge in [-0.1, -0.05) is 42.5 Å². The summed E-state index contributed by atoms with van der Waals surface area (Å²) in [6.07, 6.45) is 0.949. The molecule has 0 spiro atoms. The first-order valence-electron chi connectivity index (χ1n) is 8.79. The van der Waals surface area contributed by atoms with Crippen molar-refractivity contribution in [1.29, 1.82) is 0 Å². The van der Waals surface area contributed by atoms with Gasteiger partial charge in [0.2, 0.25) is 0 Å². The molecule has 1 aliphatic heterocycles. The highest BCUT2D eigenvalue weighted by Gasteiger charge is 2.33. The van der Waals surface area contributed by atoms with Crippen LogP contribution in [0.1, 0.15) is 15.9 Å². The highest BCUT2D eigenvalue weighted by Crippen LogP contribution is 2.19. The van der Waals surface area contributed by atoms with Gasteiger partial charge in [-0.3, -0.25) is 4.79 Å². The number of tetrazole rings is 1. The van der Waals surface area contributed by atoms with Crippen LogP contribution >= 0.6 is 0 Å². The molecule has 2 amide bonds. The maximum absolute atomic E-state index is 12.8. The molecule has 0 unspecified atom stereocenters. The molecule has 1 saturated heterocycles. The quantitative estimate of drug-likeness (QED) is 0.720. The van der Waals surface area contributed by atoms with Gasteiger partial charge in [-0.2, -0.15) is 4.68 Å². The Balaban J connectivity index is 1.30. The van der Waals surface area contributed by atoms with E-state index in [9.17, 15) is 9.59 Å². The van der Waals surface area contributed by atoms with E-state index in [2.05, 4.69) is 20.8 Å². The molecule has 1 fully saturated rings. The number of alkyl carbamates (subject to hydrolysis) is 1. The van der Waals surface area contributed by atoms with Crippen LogP contribution in [0.3, 0.4) is 0 Å². The van der Waals surface area contributed by atoms with Crippen molar-refractivity contribution in [2.75, 3.05) is 13.1 Å². The summed E-state index contributed by atoms with van der Waals surface area (Å²) < 4.78 is 6.65. The van der Waals surface area contributed by atoms with E-state index in [0.29, 0.717) is 24.3 Å². The Bertz CT molecular complexity index is 955. The number of hydrogen-bond donors (Lipinski definition) is 1. The first kappa shape index (κ1) is 17.7. The third-order valence-electron chi connectivity index (χ3n) is 4.43. The van der Waals surface area contributed by atoms with Gasteiger partial charge in [-0.25, -0.2) is 4.79 Å². The predicted octanol–water partition coefficient (Wildman–Crippen LogP) is 1.41. The van der Waals surface area contributed by atoms with Crippen molar-refractivity contribution in [3.8, 4) is 5.69 Å². The number of carbonyl (C=O) groups is 2. The van der Waals surface area contributed by atoms with Gasteiger partial charge in [-0.15, -0.1) is 5.10 Å². The molecule has 1 aliphatic rings. The van der Waals surface area contributed by atoms with Gasteiger partial charge in [0.1, 0.15) is 12.9 Å². The van der Waals surface area contributed by atoms with Crippen molar-refractivity contribution < 1.29 is 14.3 Å². The number of amides is 2. The van der Waals surface area contributed by atoms with E-state index in [-0.39, 0.29) is 18.6 Å². The Morgan fingerprint density at radius 1 is 1.07 bits per heavy atom. The van der Waals surface area contributed by atoms with Gasteiger partial charge < -0.3 is 15.0 Å². The molecule has 0 bridgehead atoms. The van der Waals surface area contributed by atoms with Gasteiger partial charge in [0.15, 0.2) is 0 Å². The fourth-order valence-corrected chi connectivity index (χ4v) is 2.96. The van der Waals surface area contributed by atoms with Crippen LogP contribution in [0.5, 0.6) is 0 Å². The second-order valence-corrected chi connectivity index (χ2v) is 6.38. The number of ether oxygens (including phenoxy) is 1. The molecule has 4 rings (SSSR count). The lowest BCUT2D eigenvalue weighted by molar-refractivity contribution is 0.0545. The summed E-state index contributed by atoms with van der Waals surface area (Å²) in [6.45, 7) is 1.05. The Kier molecular flexibility index (Phi) is 4.96. The molecule has 2 heterocycles. The molecule has 2 aromatic carbocycles. The molecule has 28 heavy (non-hydrogen) atoms. The first-order valence-corrected chi connectivity index (χ1v) is 8.79. The van der Waals surface area contributed by atoms with E-state index < -0.39 is 6.09 Å². The summed E-state index contributed by atoms with van der Waals surface area (Å²) in [6, 6.07) is 16.4. The van der Waals surface area contributed by atoms with E-state index in [1.165, 1.54) is 11.0 Å². The smallest absolute Gasteiger partial charge is 0.407 e. The van der Waals surface area contributed by atoms with E-state index >= 15 is 0 Å². The van der Waals surface area contributed by atoms with Gasteiger partial charge in [0.25, 0.3) is 5.91 Å².